The third kappa shape index (κ3) is 3.04. The summed E-state index contributed by atoms with van der Waals surface area (Å²) in [5.41, 5.74) is -0.673. The van der Waals surface area contributed by atoms with Gasteiger partial charge in [0, 0.05) is 0 Å². The van der Waals surface area contributed by atoms with Gasteiger partial charge < -0.3 is 20.4 Å². The van der Waals surface area contributed by atoms with E-state index in [0.29, 0.717) is 18.4 Å². The molecule has 0 aromatic heterocycles. The van der Waals surface area contributed by atoms with Gasteiger partial charge in [-0.25, -0.2) is 0 Å². The van der Waals surface area contributed by atoms with Gasteiger partial charge in [0.2, 0.25) is 0 Å². The van der Waals surface area contributed by atoms with E-state index in [2.05, 4.69) is 13.2 Å². The van der Waals surface area contributed by atoms with Crippen LogP contribution in [-0.2, 0) is 0 Å². The Kier molecular flexibility index (Phi) is 4.65. The lowest BCUT2D eigenvalue weighted by molar-refractivity contribution is -0.0558. The summed E-state index contributed by atoms with van der Waals surface area (Å²) in [6, 6.07) is 0. The zero-order valence-electron chi connectivity index (χ0n) is 9.79. The lowest BCUT2D eigenvalue weighted by Gasteiger charge is -2.36. The molecule has 0 unspecified atom stereocenters. The molecule has 0 aliphatic heterocycles. The molecular formula is C13H20O4. The molecule has 4 nitrogen and oxygen atoms in total. The molecule has 4 heteroatoms. The van der Waals surface area contributed by atoms with Gasteiger partial charge in [-0.3, -0.25) is 0 Å². The van der Waals surface area contributed by atoms with Gasteiger partial charge >= 0.3 is 0 Å². The summed E-state index contributed by atoms with van der Waals surface area (Å²) in [4.78, 5) is 0. The Labute approximate surface area is 101 Å². The van der Waals surface area contributed by atoms with Crippen LogP contribution in [0.2, 0.25) is 0 Å². The Balaban J connectivity index is 2.99. The molecule has 1 rings (SSSR count). The van der Waals surface area contributed by atoms with E-state index in [1.165, 1.54) is 6.08 Å². The van der Waals surface area contributed by atoms with Gasteiger partial charge in [-0.15, -0.1) is 13.2 Å². The molecule has 0 saturated heterocycles. The number of aliphatic hydroxyl groups excluding tert-OH is 3. The second-order valence-electron chi connectivity index (χ2n) is 4.46. The Morgan fingerprint density at radius 1 is 1.24 bits per heavy atom. The SMILES string of the molecule is C=CCC(O)(CC=C)C1=C[C@@H](O)[C@@H](O)[C@H](O)C1. The third-order valence-electron chi connectivity index (χ3n) is 3.11. The molecule has 3 atom stereocenters. The van der Waals surface area contributed by atoms with Gasteiger partial charge in [0.1, 0.15) is 12.2 Å². The highest BCUT2D eigenvalue weighted by atomic mass is 16.4. The van der Waals surface area contributed by atoms with Gasteiger partial charge in [-0.2, -0.15) is 0 Å². The van der Waals surface area contributed by atoms with Crippen molar-refractivity contribution >= 4 is 0 Å². The van der Waals surface area contributed by atoms with Crippen molar-refractivity contribution in [2.75, 3.05) is 0 Å². The van der Waals surface area contributed by atoms with Gasteiger partial charge in [-0.1, -0.05) is 18.2 Å². The fourth-order valence-corrected chi connectivity index (χ4v) is 2.11. The fraction of sp³-hybridized carbons (Fsp3) is 0.538. The highest BCUT2D eigenvalue weighted by Gasteiger charge is 2.37. The molecule has 0 saturated carbocycles. The van der Waals surface area contributed by atoms with Crippen LogP contribution in [0.25, 0.3) is 0 Å². The summed E-state index contributed by atoms with van der Waals surface area (Å²) in [5, 5.41) is 39.0. The zero-order chi connectivity index (χ0) is 13.1. The molecule has 0 aromatic carbocycles. The molecule has 0 amide bonds. The fourth-order valence-electron chi connectivity index (χ4n) is 2.11. The Morgan fingerprint density at radius 3 is 2.18 bits per heavy atom. The normalized spacial score (nSPS) is 29.6. The molecule has 1 aliphatic carbocycles. The zero-order valence-corrected chi connectivity index (χ0v) is 9.79. The van der Waals surface area contributed by atoms with E-state index in [9.17, 15) is 20.4 Å². The van der Waals surface area contributed by atoms with Crippen LogP contribution in [0.3, 0.4) is 0 Å². The van der Waals surface area contributed by atoms with Crippen LogP contribution in [0.5, 0.6) is 0 Å². The molecule has 0 radical (unpaired) electrons. The lowest BCUT2D eigenvalue weighted by Crippen LogP contribution is -2.44. The average molecular weight is 240 g/mol. The molecule has 0 fully saturated rings. The van der Waals surface area contributed by atoms with Crippen molar-refractivity contribution in [1.82, 2.24) is 0 Å². The summed E-state index contributed by atoms with van der Waals surface area (Å²) >= 11 is 0. The first kappa shape index (κ1) is 14.1. The van der Waals surface area contributed by atoms with Crippen molar-refractivity contribution in [2.24, 2.45) is 0 Å². The minimum atomic E-state index is -1.20. The molecular weight excluding hydrogens is 220 g/mol. The summed E-state index contributed by atoms with van der Waals surface area (Å²) < 4.78 is 0. The van der Waals surface area contributed by atoms with Gasteiger partial charge in [0.15, 0.2) is 0 Å². The van der Waals surface area contributed by atoms with E-state index in [0.717, 1.165) is 0 Å². The van der Waals surface area contributed by atoms with Gasteiger partial charge in [0.05, 0.1) is 11.7 Å². The van der Waals surface area contributed by atoms with Gasteiger partial charge in [-0.05, 0) is 24.8 Å². The smallest absolute Gasteiger partial charge is 0.110 e. The molecule has 0 aromatic rings. The van der Waals surface area contributed by atoms with E-state index >= 15 is 0 Å². The predicted molar refractivity (Wildman–Crippen MR) is 65.3 cm³/mol. The minimum absolute atomic E-state index is 0.135. The summed E-state index contributed by atoms with van der Waals surface area (Å²) in [7, 11) is 0. The van der Waals surface area contributed by atoms with Crippen LogP contribution in [0.4, 0.5) is 0 Å². The van der Waals surface area contributed by atoms with Crippen LogP contribution >= 0.6 is 0 Å². The monoisotopic (exact) mass is 240 g/mol. The topological polar surface area (TPSA) is 80.9 Å². The molecule has 0 bridgehead atoms. The second kappa shape index (κ2) is 5.60. The van der Waals surface area contributed by atoms with Crippen molar-refractivity contribution in [3.05, 3.63) is 37.0 Å². The van der Waals surface area contributed by atoms with Crippen molar-refractivity contribution in [1.29, 1.82) is 0 Å². The van der Waals surface area contributed by atoms with Crippen molar-refractivity contribution in [3.63, 3.8) is 0 Å². The lowest BCUT2D eigenvalue weighted by atomic mass is 9.78. The first-order chi connectivity index (χ1) is 7.94. The van der Waals surface area contributed by atoms with Gasteiger partial charge in [0.25, 0.3) is 0 Å². The van der Waals surface area contributed by atoms with Crippen molar-refractivity contribution in [3.8, 4) is 0 Å². The largest absolute Gasteiger partial charge is 0.390 e. The van der Waals surface area contributed by atoms with Crippen LogP contribution in [-0.4, -0.2) is 44.3 Å². The number of rotatable bonds is 5. The third-order valence-corrected chi connectivity index (χ3v) is 3.11. The van der Waals surface area contributed by atoms with E-state index in [-0.39, 0.29) is 6.42 Å². The molecule has 0 spiro atoms. The maximum Gasteiger partial charge on any atom is 0.110 e. The van der Waals surface area contributed by atoms with E-state index in [1.807, 2.05) is 0 Å². The highest BCUT2D eigenvalue weighted by molar-refractivity contribution is 5.25. The summed E-state index contributed by atoms with van der Waals surface area (Å²) in [5.74, 6) is 0. The minimum Gasteiger partial charge on any atom is -0.390 e. The van der Waals surface area contributed by atoms with E-state index in [4.69, 9.17) is 0 Å². The average Bonchev–Trinajstić information content (AvgIpc) is 2.26. The van der Waals surface area contributed by atoms with Crippen LogP contribution in [0.1, 0.15) is 19.3 Å². The maximum atomic E-state index is 10.4. The van der Waals surface area contributed by atoms with E-state index in [1.54, 1.807) is 12.2 Å². The second-order valence-corrected chi connectivity index (χ2v) is 4.46. The summed E-state index contributed by atoms with van der Waals surface area (Å²) in [6.07, 6.45) is 1.89. The van der Waals surface area contributed by atoms with Crippen molar-refractivity contribution in [2.45, 2.75) is 43.2 Å². The molecule has 17 heavy (non-hydrogen) atoms. The molecule has 0 heterocycles. The Bertz CT molecular complexity index is 311. The standard InChI is InChI=1S/C13H20O4/c1-3-5-13(17,6-4-2)9-7-10(14)12(16)11(15)8-9/h3-4,7,10-12,14-17H,1-2,5-6,8H2/t10-,11-,12-/m1/s1. The first-order valence-corrected chi connectivity index (χ1v) is 5.64. The van der Waals surface area contributed by atoms with Crippen LogP contribution in [0, 0.1) is 0 Å². The van der Waals surface area contributed by atoms with Crippen LogP contribution in [0.15, 0.2) is 37.0 Å². The molecule has 96 valence electrons. The maximum absolute atomic E-state index is 10.4. The van der Waals surface area contributed by atoms with E-state index < -0.39 is 23.9 Å². The number of aliphatic hydroxyl groups is 4. The van der Waals surface area contributed by atoms with Crippen molar-refractivity contribution < 1.29 is 20.4 Å². The predicted octanol–water partition coefficient (Wildman–Crippen LogP) is 0.283. The molecule has 4 N–H and O–H groups in total. The Morgan fingerprint density at radius 2 is 1.76 bits per heavy atom. The quantitative estimate of drug-likeness (QED) is 0.520. The van der Waals surface area contributed by atoms with Crippen LogP contribution < -0.4 is 0 Å². The molecule has 1 aliphatic rings. The number of hydrogen-bond acceptors (Lipinski definition) is 4. The number of hydrogen-bond donors (Lipinski definition) is 4. The first-order valence-electron chi connectivity index (χ1n) is 5.64. The highest BCUT2D eigenvalue weighted by Crippen LogP contribution is 2.33. The summed E-state index contributed by atoms with van der Waals surface area (Å²) in [6.45, 7) is 7.16. The Hall–Kier alpha value is -0.940.